The van der Waals surface area contributed by atoms with E-state index in [0.29, 0.717) is 43.6 Å². The molecule has 38 heavy (non-hydrogen) atoms. The molecule has 0 radical (unpaired) electrons. The van der Waals surface area contributed by atoms with Crippen LogP contribution in [0.2, 0.25) is 0 Å². The van der Waals surface area contributed by atoms with Gasteiger partial charge in [-0.3, -0.25) is 14.7 Å². The minimum atomic E-state index is -0.752. The quantitative estimate of drug-likeness (QED) is 0.362. The number of rotatable bonds is 6. The number of carboxylic acids is 1. The van der Waals surface area contributed by atoms with Crippen molar-refractivity contribution in [2.75, 3.05) is 29.4 Å². The minimum Gasteiger partial charge on any atom is -0.481 e. The number of carbonyl (C=O) groups is 2. The summed E-state index contributed by atoms with van der Waals surface area (Å²) in [6.07, 6.45) is 7.25. The predicted octanol–water partition coefficient (Wildman–Crippen LogP) is 4.80. The lowest BCUT2D eigenvalue weighted by Gasteiger charge is -2.23. The molecule has 0 bridgehead atoms. The van der Waals surface area contributed by atoms with E-state index in [-0.39, 0.29) is 0 Å². The first-order valence-corrected chi connectivity index (χ1v) is 13.3. The van der Waals surface area contributed by atoms with Gasteiger partial charge in [-0.25, -0.2) is 19.7 Å². The van der Waals surface area contributed by atoms with Crippen molar-refractivity contribution in [2.45, 2.75) is 33.1 Å². The van der Waals surface area contributed by atoms with Gasteiger partial charge in [0.1, 0.15) is 0 Å². The Morgan fingerprint density at radius 1 is 1.13 bits per heavy atom. The second-order valence-corrected chi connectivity index (χ2v) is 10.6. The highest BCUT2D eigenvalue weighted by Crippen LogP contribution is 2.39. The molecular weight excluding hydrogens is 502 g/mol. The van der Waals surface area contributed by atoms with E-state index in [9.17, 15) is 14.7 Å². The lowest BCUT2D eigenvalue weighted by molar-refractivity contribution is -0.148. The second kappa shape index (κ2) is 10.3. The first kappa shape index (κ1) is 25.5. The number of amides is 2. The molecule has 10 nitrogen and oxygen atoms in total. The summed E-state index contributed by atoms with van der Waals surface area (Å²) in [4.78, 5) is 45.7. The summed E-state index contributed by atoms with van der Waals surface area (Å²) in [6.45, 7) is 5.39. The number of carbonyl (C=O) groups excluding carboxylic acids is 1. The number of hydrogen-bond donors (Lipinski definition) is 2. The van der Waals surface area contributed by atoms with Gasteiger partial charge >= 0.3 is 12.0 Å². The van der Waals surface area contributed by atoms with Crippen molar-refractivity contribution >= 4 is 44.6 Å². The zero-order chi connectivity index (χ0) is 26.9. The fraction of sp³-hybridized carbons (Fsp3) is 0.333. The number of carboxylic acid groups (broad SMARTS) is 1. The topological polar surface area (TPSA) is 138 Å². The number of anilines is 2. The maximum atomic E-state index is 12.0. The molecule has 0 spiro atoms. The number of aliphatic carboxylic acids is 1. The minimum absolute atomic E-state index is 0.415. The largest absolute Gasteiger partial charge is 0.481 e. The van der Waals surface area contributed by atoms with E-state index in [4.69, 9.17) is 10.7 Å². The van der Waals surface area contributed by atoms with Crippen LogP contribution in [-0.4, -0.2) is 56.7 Å². The van der Waals surface area contributed by atoms with E-state index in [1.54, 1.807) is 18.6 Å². The lowest BCUT2D eigenvalue weighted by atomic mass is 9.83. The molecule has 2 amide bonds. The van der Waals surface area contributed by atoms with Crippen LogP contribution < -0.4 is 15.5 Å². The fourth-order valence-corrected chi connectivity index (χ4v) is 5.87. The Hall–Kier alpha value is -4.12. The van der Waals surface area contributed by atoms with Gasteiger partial charge in [0, 0.05) is 49.4 Å². The number of hydrogen-bond acceptors (Lipinski definition) is 8. The molecule has 3 aromatic heterocycles. The van der Waals surface area contributed by atoms with Crippen LogP contribution in [0.3, 0.4) is 0 Å². The molecule has 4 aromatic rings. The average molecular weight is 532 g/mol. The first-order chi connectivity index (χ1) is 18.3. The Kier molecular flexibility index (Phi) is 6.94. The lowest BCUT2D eigenvalue weighted by Crippen LogP contribution is -2.35. The zero-order valence-electron chi connectivity index (χ0n) is 21.3. The Balaban J connectivity index is 1.50. The average Bonchev–Trinajstić information content (AvgIpc) is 3.23. The number of pyridine rings is 1. The van der Waals surface area contributed by atoms with Crippen molar-refractivity contribution in [3.63, 3.8) is 0 Å². The van der Waals surface area contributed by atoms with Crippen LogP contribution in [0.15, 0.2) is 48.9 Å². The molecule has 1 saturated heterocycles. The number of thiazole rings is 1. The van der Waals surface area contributed by atoms with Crippen LogP contribution in [0.25, 0.3) is 32.6 Å². The molecule has 1 aromatic carbocycles. The zero-order valence-corrected chi connectivity index (χ0v) is 22.1. The SMILES string of the molecule is CCN(C(N)=O)c1nc2cc(-c3cnc(N4CCCC(C)(C(=O)O)CC4)nc3)cc(-c3ccccn3)c2s1. The molecule has 1 fully saturated rings. The van der Waals surface area contributed by atoms with Gasteiger partial charge in [0.15, 0.2) is 5.13 Å². The summed E-state index contributed by atoms with van der Waals surface area (Å²) >= 11 is 1.40. The number of urea groups is 1. The number of primary amides is 1. The Morgan fingerprint density at radius 2 is 1.92 bits per heavy atom. The van der Waals surface area contributed by atoms with Crippen molar-refractivity contribution in [3.8, 4) is 22.4 Å². The van der Waals surface area contributed by atoms with Gasteiger partial charge in [0.05, 0.1) is 21.3 Å². The molecular formula is C27H29N7O3S. The molecule has 11 heteroatoms. The number of fused-ring (bicyclic) bond motifs is 1. The predicted molar refractivity (Wildman–Crippen MR) is 148 cm³/mol. The van der Waals surface area contributed by atoms with Gasteiger partial charge in [0.25, 0.3) is 0 Å². The standard InChI is InChI=1S/C27H29N7O3S/c1-3-34(24(28)37)26-32-21-14-17(13-19(22(21)38-26)20-7-4-5-10-29-20)18-15-30-25(31-16-18)33-11-6-8-27(2,9-12-33)23(35)36/h4-5,7,10,13-16H,3,6,8-9,11-12H2,1-2H3,(H2,28,37)(H,35,36). The summed E-state index contributed by atoms with van der Waals surface area (Å²) < 4.78 is 0.908. The fourth-order valence-electron chi connectivity index (χ4n) is 4.73. The Morgan fingerprint density at radius 3 is 2.58 bits per heavy atom. The highest BCUT2D eigenvalue weighted by atomic mass is 32.1. The maximum Gasteiger partial charge on any atom is 0.321 e. The highest BCUT2D eigenvalue weighted by molar-refractivity contribution is 7.23. The summed E-state index contributed by atoms with van der Waals surface area (Å²) in [6, 6.07) is 9.18. The van der Waals surface area contributed by atoms with Crippen molar-refractivity contribution in [1.29, 1.82) is 0 Å². The van der Waals surface area contributed by atoms with E-state index in [1.807, 2.05) is 44.2 Å². The number of aromatic nitrogens is 4. The third-order valence-corrected chi connectivity index (χ3v) is 8.22. The van der Waals surface area contributed by atoms with Crippen LogP contribution >= 0.6 is 11.3 Å². The van der Waals surface area contributed by atoms with Crippen molar-refractivity contribution < 1.29 is 14.7 Å². The monoisotopic (exact) mass is 531 g/mol. The molecule has 0 saturated carbocycles. The molecule has 1 aliphatic heterocycles. The van der Waals surface area contributed by atoms with E-state index < -0.39 is 17.4 Å². The van der Waals surface area contributed by atoms with E-state index in [0.717, 1.165) is 39.0 Å². The summed E-state index contributed by atoms with van der Waals surface area (Å²) in [5.41, 5.74) is 8.96. The summed E-state index contributed by atoms with van der Waals surface area (Å²) in [5, 5.41) is 10.1. The Bertz CT molecular complexity index is 1480. The van der Waals surface area contributed by atoms with Crippen LogP contribution in [0.4, 0.5) is 15.9 Å². The van der Waals surface area contributed by atoms with Crippen LogP contribution in [0.1, 0.15) is 33.1 Å². The second-order valence-electron chi connectivity index (χ2n) is 9.64. The smallest absolute Gasteiger partial charge is 0.321 e. The highest BCUT2D eigenvalue weighted by Gasteiger charge is 2.35. The van der Waals surface area contributed by atoms with Gasteiger partial charge in [-0.1, -0.05) is 17.4 Å². The van der Waals surface area contributed by atoms with E-state index in [2.05, 4.69) is 19.9 Å². The molecule has 4 heterocycles. The molecule has 1 aliphatic rings. The van der Waals surface area contributed by atoms with Crippen LogP contribution in [0, 0.1) is 5.41 Å². The molecule has 0 aliphatic carbocycles. The normalized spacial score (nSPS) is 17.8. The van der Waals surface area contributed by atoms with Gasteiger partial charge in [-0.15, -0.1) is 0 Å². The summed E-state index contributed by atoms with van der Waals surface area (Å²) in [5.74, 6) is -0.164. The first-order valence-electron chi connectivity index (χ1n) is 12.5. The Labute approximate surface area is 224 Å². The molecule has 196 valence electrons. The number of benzene rings is 1. The van der Waals surface area contributed by atoms with E-state index >= 15 is 0 Å². The van der Waals surface area contributed by atoms with E-state index in [1.165, 1.54) is 16.2 Å². The molecule has 3 N–H and O–H groups in total. The number of nitrogens with zero attached hydrogens (tertiary/aromatic N) is 6. The molecule has 1 unspecified atom stereocenters. The van der Waals surface area contributed by atoms with Gasteiger partial charge in [-0.05, 0) is 62.9 Å². The number of nitrogens with two attached hydrogens (primary N) is 1. The summed E-state index contributed by atoms with van der Waals surface area (Å²) in [7, 11) is 0. The van der Waals surface area contributed by atoms with Crippen LogP contribution in [0.5, 0.6) is 0 Å². The van der Waals surface area contributed by atoms with Crippen molar-refractivity contribution in [2.24, 2.45) is 11.1 Å². The molecule has 5 rings (SSSR count). The van der Waals surface area contributed by atoms with Crippen LogP contribution in [-0.2, 0) is 4.79 Å². The van der Waals surface area contributed by atoms with Gasteiger partial charge in [0.2, 0.25) is 5.95 Å². The molecule has 1 atom stereocenters. The van der Waals surface area contributed by atoms with Gasteiger partial charge in [-0.2, -0.15) is 0 Å². The van der Waals surface area contributed by atoms with Crippen molar-refractivity contribution in [3.05, 3.63) is 48.9 Å². The van der Waals surface area contributed by atoms with Crippen molar-refractivity contribution in [1.82, 2.24) is 19.9 Å². The third kappa shape index (κ3) is 4.89. The maximum absolute atomic E-state index is 12.0. The third-order valence-electron chi connectivity index (χ3n) is 7.09. The van der Waals surface area contributed by atoms with Gasteiger partial charge < -0.3 is 15.7 Å².